The van der Waals surface area contributed by atoms with Gasteiger partial charge in [-0.15, -0.1) is 0 Å². The highest BCUT2D eigenvalue weighted by atomic mass is 32.2. The molecule has 32 heavy (non-hydrogen) atoms. The number of ether oxygens (including phenoxy) is 1. The molecular formula is C23H24N4O4S. The van der Waals surface area contributed by atoms with Crippen LogP contribution in [0.15, 0.2) is 53.7 Å². The fourth-order valence-corrected chi connectivity index (χ4v) is 6.03. The van der Waals surface area contributed by atoms with Crippen LogP contribution in [0.1, 0.15) is 41.9 Å². The lowest BCUT2D eigenvalue weighted by atomic mass is 9.84. The summed E-state index contributed by atoms with van der Waals surface area (Å²) in [4.78, 5) is 17.6. The van der Waals surface area contributed by atoms with Gasteiger partial charge in [0.1, 0.15) is 27.6 Å². The molecule has 2 aliphatic heterocycles. The summed E-state index contributed by atoms with van der Waals surface area (Å²) < 4.78 is 32.4. The summed E-state index contributed by atoms with van der Waals surface area (Å²) >= 11 is 0. The second-order valence-electron chi connectivity index (χ2n) is 8.93. The van der Waals surface area contributed by atoms with Crippen LogP contribution in [0, 0.1) is 0 Å². The molecule has 5 rings (SSSR count). The van der Waals surface area contributed by atoms with Crippen LogP contribution in [0.4, 0.5) is 0 Å². The number of pyridine rings is 1. The number of amidine groups is 1. The number of rotatable bonds is 3. The van der Waals surface area contributed by atoms with Gasteiger partial charge >= 0.3 is 0 Å². The number of aliphatic imine (C=N–C) groups is 1. The molecule has 8 nitrogen and oxygen atoms in total. The molecule has 0 saturated carbocycles. The molecule has 0 aliphatic carbocycles. The summed E-state index contributed by atoms with van der Waals surface area (Å²) in [6.45, 7) is 3.51. The summed E-state index contributed by atoms with van der Waals surface area (Å²) in [5.74, 6) is 0.405. The fraction of sp³-hybridized carbons (Fsp3) is 0.348. The minimum absolute atomic E-state index is 0.0998. The molecule has 0 saturated heterocycles. The second kappa shape index (κ2) is 6.90. The van der Waals surface area contributed by atoms with Gasteiger partial charge in [-0.05, 0) is 49.7 Å². The summed E-state index contributed by atoms with van der Waals surface area (Å²) in [7, 11) is -3.55. The summed E-state index contributed by atoms with van der Waals surface area (Å²) in [5.41, 5.74) is 7.76. The zero-order chi connectivity index (χ0) is 22.7. The lowest BCUT2D eigenvalue weighted by Gasteiger charge is -2.42. The van der Waals surface area contributed by atoms with Crippen molar-refractivity contribution in [2.24, 2.45) is 10.7 Å². The van der Waals surface area contributed by atoms with Gasteiger partial charge in [0.2, 0.25) is 0 Å². The normalized spacial score (nSPS) is 23.4. The highest BCUT2D eigenvalue weighted by molar-refractivity contribution is 7.93. The maximum atomic E-state index is 13.1. The molecule has 9 heteroatoms. The number of nitrogens with zero attached hydrogens (tertiary/aromatic N) is 3. The SMILES string of the molecule is CC1(C)C(N)=N[C@@]2(CCOc3ccc(CC(=O)c4cc5ccccn5n4)cc32)CS1(=O)=O. The van der Waals surface area contributed by atoms with Crippen molar-refractivity contribution in [3.05, 3.63) is 65.5 Å². The number of hydrogen-bond donors (Lipinski definition) is 1. The van der Waals surface area contributed by atoms with Gasteiger partial charge in [0.15, 0.2) is 15.6 Å². The van der Waals surface area contributed by atoms with Crippen LogP contribution < -0.4 is 10.5 Å². The standard InChI is InChI=1S/C23H24N4O4S/c1-22(2)21(24)25-23(14-32(22,29)30)8-10-31-20-7-6-15(11-17(20)23)12-19(28)18-13-16-5-3-4-9-27(16)26-18/h3-7,9,11,13H,8,10,12,14H2,1-2H3,(H2,24,25)/t23-/m0/s1. The molecular weight excluding hydrogens is 428 g/mol. The largest absolute Gasteiger partial charge is 0.493 e. The Balaban J connectivity index is 1.52. The van der Waals surface area contributed by atoms with Crippen molar-refractivity contribution in [2.75, 3.05) is 12.4 Å². The van der Waals surface area contributed by atoms with Crippen molar-refractivity contribution in [1.82, 2.24) is 9.61 Å². The average molecular weight is 453 g/mol. The minimum atomic E-state index is -3.55. The van der Waals surface area contributed by atoms with E-state index < -0.39 is 20.1 Å². The second-order valence-corrected chi connectivity index (χ2v) is 11.5. The third-order valence-electron chi connectivity index (χ3n) is 6.50. The molecule has 0 amide bonds. The number of benzene rings is 1. The number of fused-ring (bicyclic) bond motifs is 3. The van der Waals surface area contributed by atoms with E-state index in [1.165, 1.54) is 0 Å². The Bertz CT molecular complexity index is 1360. The average Bonchev–Trinajstić information content (AvgIpc) is 3.17. The topological polar surface area (TPSA) is 116 Å². The first-order chi connectivity index (χ1) is 15.1. The molecule has 166 valence electrons. The minimum Gasteiger partial charge on any atom is -0.493 e. The number of hydrogen-bond acceptors (Lipinski definition) is 7. The Morgan fingerprint density at radius 2 is 2.03 bits per heavy atom. The molecule has 2 aliphatic rings. The van der Waals surface area contributed by atoms with Crippen LogP contribution in [0.3, 0.4) is 0 Å². The van der Waals surface area contributed by atoms with Gasteiger partial charge in [-0.2, -0.15) is 5.10 Å². The highest BCUT2D eigenvalue weighted by Crippen LogP contribution is 2.45. The van der Waals surface area contributed by atoms with Crippen LogP contribution in [0.5, 0.6) is 5.75 Å². The predicted octanol–water partition coefficient (Wildman–Crippen LogP) is 2.30. The smallest absolute Gasteiger partial charge is 0.187 e. The van der Waals surface area contributed by atoms with Gasteiger partial charge in [-0.1, -0.05) is 12.1 Å². The lowest BCUT2D eigenvalue weighted by Crippen LogP contribution is -2.56. The van der Waals surface area contributed by atoms with E-state index in [4.69, 9.17) is 15.5 Å². The monoisotopic (exact) mass is 452 g/mol. The number of carbonyl (C=O) groups excluding carboxylic acids is 1. The highest BCUT2D eigenvalue weighted by Gasteiger charge is 2.52. The Kier molecular flexibility index (Phi) is 4.46. The van der Waals surface area contributed by atoms with Crippen LogP contribution in [-0.2, 0) is 21.8 Å². The van der Waals surface area contributed by atoms with E-state index in [1.54, 1.807) is 36.7 Å². The quantitative estimate of drug-likeness (QED) is 0.610. The van der Waals surface area contributed by atoms with Gasteiger partial charge in [0.05, 0.1) is 17.9 Å². The number of Topliss-reactive ketones (excluding diaryl/α,β-unsaturated/α-hetero) is 1. The predicted molar refractivity (Wildman–Crippen MR) is 121 cm³/mol. The summed E-state index contributed by atoms with van der Waals surface area (Å²) in [5, 5.41) is 4.35. The van der Waals surface area contributed by atoms with Gasteiger partial charge in [-0.25, -0.2) is 12.9 Å². The molecule has 2 N–H and O–H groups in total. The van der Waals surface area contributed by atoms with Gasteiger partial charge in [0, 0.05) is 24.6 Å². The summed E-state index contributed by atoms with van der Waals surface area (Å²) in [6.07, 6.45) is 2.32. The Hall–Kier alpha value is -3.20. The van der Waals surface area contributed by atoms with Gasteiger partial charge < -0.3 is 10.5 Å². The van der Waals surface area contributed by atoms with E-state index in [0.29, 0.717) is 30.0 Å². The molecule has 1 atom stereocenters. The zero-order valence-electron chi connectivity index (χ0n) is 17.9. The lowest BCUT2D eigenvalue weighted by molar-refractivity contribution is 0.0987. The van der Waals surface area contributed by atoms with E-state index in [2.05, 4.69) is 5.10 Å². The Morgan fingerprint density at radius 1 is 1.22 bits per heavy atom. The van der Waals surface area contributed by atoms with Crippen molar-refractivity contribution in [3.63, 3.8) is 0 Å². The molecule has 0 unspecified atom stereocenters. The Labute approximate surface area is 186 Å². The van der Waals surface area contributed by atoms with Crippen molar-refractivity contribution in [1.29, 1.82) is 0 Å². The van der Waals surface area contributed by atoms with Crippen LogP contribution in [-0.4, -0.2) is 46.8 Å². The van der Waals surface area contributed by atoms with Gasteiger partial charge in [0.25, 0.3) is 0 Å². The number of nitrogens with two attached hydrogens (primary N) is 1. The number of ketones is 1. The van der Waals surface area contributed by atoms with E-state index in [1.807, 2.05) is 30.3 Å². The molecule has 1 aromatic carbocycles. The summed E-state index contributed by atoms with van der Waals surface area (Å²) in [6, 6.07) is 12.8. The molecule has 1 spiro atoms. The number of carbonyl (C=O) groups is 1. The molecule has 2 aromatic heterocycles. The first-order valence-corrected chi connectivity index (χ1v) is 12.1. The zero-order valence-corrected chi connectivity index (χ0v) is 18.7. The van der Waals surface area contributed by atoms with E-state index in [9.17, 15) is 13.2 Å². The number of sulfone groups is 1. The van der Waals surface area contributed by atoms with Crippen LogP contribution >= 0.6 is 0 Å². The first-order valence-electron chi connectivity index (χ1n) is 10.4. The molecule has 4 heterocycles. The molecule has 0 radical (unpaired) electrons. The van der Waals surface area contributed by atoms with Crippen molar-refractivity contribution in [2.45, 2.75) is 37.0 Å². The number of aromatic nitrogens is 2. The van der Waals surface area contributed by atoms with Gasteiger partial charge in [-0.3, -0.25) is 9.79 Å². The van der Waals surface area contributed by atoms with Crippen LogP contribution in [0.2, 0.25) is 0 Å². The van der Waals surface area contributed by atoms with Crippen molar-refractivity contribution >= 4 is 27.0 Å². The molecule has 0 bridgehead atoms. The van der Waals surface area contributed by atoms with Crippen molar-refractivity contribution in [3.8, 4) is 5.75 Å². The fourth-order valence-electron chi connectivity index (χ4n) is 4.31. The maximum Gasteiger partial charge on any atom is 0.187 e. The first kappa shape index (κ1) is 20.7. The Morgan fingerprint density at radius 3 is 2.78 bits per heavy atom. The van der Waals surface area contributed by atoms with Crippen molar-refractivity contribution < 1.29 is 17.9 Å². The molecule has 3 aromatic rings. The third-order valence-corrected chi connectivity index (χ3v) is 9.12. The third kappa shape index (κ3) is 3.10. The maximum absolute atomic E-state index is 13.1. The van der Waals surface area contributed by atoms with E-state index in [-0.39, 0.29) is 23.8 Å². The van der Waals surface area contributed by atoms with E-state index >= 15 is 0 Å². The van der Waals surface area contributed by atoms with E-state index in [0.717, 1.165) is 11.1 Å². The molecule has 0 fully saturated rings. The van der Waals surface area contributed by atoms with Crippen LogP contribution in [0.25, 0.3) is 5.52 Å².